The fourth-order valence-corrected chi connectivity index (χ4v) is 1.42. The average molecular weight is 244 g/mol. The van der Waals surface area contributed by atoms with Gasteiger partial charge in [0.05, 0.1) is 6.10 Å². The molecule has 2 N–H and O–H groups in total. The Morgan fingerprint density at radius 1 is 1.54 bits per heavy atom. The molecule has 0 saturated heterocycles. The summed E-state index contributed by atoms with van der Waals surface area (Å²) in [7, 11) is 0. The van der Waals surface area contributed by atoms with Gasteiger partial charge in [0.2, 0.25) is 0 Å². The second-order valence-corrected chi connectivity index (χ2v) is 4.07. The van der Waals surface area contributed by atoms with E-state index in [0.717, 1.165) is 10.2 Å². The van der Waals surface area contributed by atoms with Gasteiger partial charge in [-0.1, -0.05) is 6.07 Å². The van der Waals surface area contributed by atoms with Crippen LogP contribution in [0.3, 0.4) is 0 Å². The van der Waals surface area contributed by atoms with Gasteiger partial charge < -0.3 is 10.4 Å². The first kappa shape index (κ1) is 10.5. The van der Waals surface area contributed by atoms with E-state index in [4.69, 9.17) is 5.11 Å². The number of benzene rings is 1. The van der Waals surface area contributed by atoms with E-state index in [1.807, 2.05) is 25.1 Å². The lowest BCUT2D eigenvalue weighted by atomic mass is 10.2. The van der Waals surface area contributed by atoms with Gasteiger partial charge in [-0.15, -0.1) is 0 Å². The van der Waals surface area contributed by atoms with E-state index < -0.39 is 0 Å². The number of rotatable bonds is 3. The van der Waals surface area contributed by atoms with E-state index in [1.54, 1.807) is 6.92 Å². The Bertz CT molecular complexity index is 286. The van der Waals surface area contributed by atoms with Gasteiger partial charge in [-0.25, -0.2) is 0 Å². The Morgan fingerprint density at radius 2 is 2.23 bits per heavy atom. The zero-order valence-corrected chi connectivity index (χ0v) is 9.43. The van der Waals surface area contributed by atoms with E-state index in [9.17, 15) is 0 Å². The van der Waals surface area contributed by atoms with Crippen molar-refractivity contribution in [3.63, 3.8) is 0 Å². The van der Waals surface area contributed by atoms with E-state index >= 15 is 0 Å². The summed E-state index contributed by atoms with van der Waals surface area (Å²) in [6, 6.07) is 6.09. The van der Waals surface area contributed by atoms with Crippen LogP contribution in [0.15, 0.2) is 22.7 Å². The summed E-state index contributed by atoms with van der Waals surface area (Å²) in [6.45, 7) is 4.37. The number of aliphatic hydroxyl groups is 1. The van der Waals surface area contributed by atoms with Crippen LogP contribution in [-0.2, 0) is 0 Å². The van der Waals surface area contributed by atoms with Gasteiger partial charge in [0.15, 0.2) is 0 Å². The summed E-state index contributed by atoms with van der Waals surface area (Å²) in [5, 5.41) is 12.3. The molecule has 0 heterocycles. The minimum absolute atomic E-state index is 0.326. The number of hydrogen-bond donors (Lipinski definition) is 2. The molecule has 0 saturated carbocycles. The first-order valence-electron chi connectivity index (χ1n) is 4.27. The summed E-state index contributed by atoms with van der Waals surface area (Å²) in [4.78, 5) is 0. The Morgan fingerprint density at radius 3 is 2.85 bits per heavy atom. The number of anilines is 1. The summed E-state index contributed by atoms with van der Waals surface area (Å²) in [5.41, 5.74) is 2.23. The van der Waals surface area contributed by atoms with Crippen LogP contribution in [0.2, 0.25) is 0 Å². The minimum atomic E-state index is -0.326. The molecular formula is C10H14BrNO. The van der Waals surface area contributed by atoms with Gasteiger partial charge >= 0.3 is 0 Å². The lowest BCUT2D eigenvalue weighted by Crippen LogP contribution is -2.15. The van der Waals surface area contributed by atoms with Crippen LogP contribution >= 0.6 is 15.9 Å². The third kappa shape index (κ3) is 3.36. The largest absolute Gasteiger partial charge is 0.392 e. The first-order chi connectivity index (χ1) is 6.09. The van der Waals surface area contributed by atoms with Gasteiger partial charge in [0, 0.05) is 16.7 Å². The van der Waals surface area contributed by atoms with Gasteiger partial charge in [-0.2, -0.15) is 0 Å². The molecule has 13 heavy (non-hydrogen) atoms. The molecular weight excluding hydrogens is 230 g/mol. The molecule has 0 unspecified atom stereocenters. The molecule has 0 aliphatic rings. The number of aryl methyl sites for hydroxylation is 1. The Balaban J connectivity index is 2.70. The summed E-state index contributed by atoms with van der Waals surface area (Å²) in [5.74, 6) is 0. The standard InChI is InChI=1S/C10H14BrNO/c1-7-3-4-9(11)10(5-7)12-6-8(2)13/h3-5,8,12-13H,6H2,1-2H3/t8-/m0/s1. The van der Waals surface area contributed by atoms with Gasteiger partial charge in [-0.3, -0.25) is 0 Å². The molecule has 0 radical (unpaired) electrons. The highest BCUT2D eigenvalue weighted by atomic mass is 79.9. The normalized spacial score (nSPS) is 12.6. The molecule has 1 atom stereocenters. The predicted molar refractivity (Wildman–Crippen MR) is 59.0 cm³/mol. The van der Waals surface area contributed by atoms with Crippen LogP contribution in [0.4, 0.5) is 5.69 Å². The summed E-state index contributed by atoms with van der Waals surface area (Å²) >= 11 is 3.44. The van der Waals surface area contributed by atoms with Gasteiger partial charge in [0.25, 0.3) is 0 Å². The van der Waals surface area contributed by atoms with E-state index in [0.29, 0.717) is 6.54 Å². The highest BCUT2D eigenvalue weighted by Gasteiger charge is 2.00. The maximum atomic E-state index is 9.10. The highest BCUT2D eigenvalue weighted by molar-refractivity contribution is 9.10. The van der Waals surface area contributed by atoms with Crippen LogP contribution < -0.4 is 5.32 Å². The molecule has 1 rings (SSSR count). The molecule has 0 aliphatic carbocycles. The first-order valence-corrected chi connectivity index (χ1v) is 5.07. The van der Waals surface area contributed by atoms with Gasteiger partial charge in [0.1, 0.15) is 0 Å². The second-order valence-electron chi connectivity index (χ2n) is 3.21. The van der Waals surface area contributed by atoms with Crippen LogP contribution in [0, 0.1) is 6.92 Å². The van der Waals surface area contributed by atoms with Crippen molar-refractivity contribution >= 4 is 21.6 Å². The third-order valence-electron chi connectivity index (χ3n) is 1.71. The number of hydrogen-bond acceptors (Lipinski definition) is 2. The SMILES string of the molecule is Cc1ccc(Br)c(NC[C@H](C)O)c1. The van der Waals surface area contributed by atoms with Crippen molar-refractivity contribution < 1.29 is 5.11 Å². The van der Waals surface area contributed by atoms with E-state index in [2.05, 4.69) is 21.2 Å². The third-order valence-corrected chi connectivity index (χ3v) is 2.40. The Kier molecular flexibility index (Phi) is 3.75. The lowest BCUT2D eigenvalue weighted by Gasteiger charge is -2.10. The molecule has 72 valence electrons. The van der Waals surface area contributed by atoms with Crippen molar-refractivity contribution in [1.29, 1.82) is 0 Å². The lowest BCUT2D eigenvalue weighted by molar-refractivity contribution is 0.208. The van der Waals surface area contributed by atoms with Gasteiger partial charge in [-0.05, 0) is 47.5 Å². The van der Waals surface area contributed by atoms with Crippen molar-refractivity contribution in [1.82, 2.24) is 0 Å². The Hall–Kier alpha value is -0.540. The molecule has 0 bridgehead atoms. The fraction of sp³-hybridized carbons (Fsp3) is 0.400. The zero-order valence-electron chi connectivity index (χ0n) is 7.84. The smallest absolute Gasteiger partial charge is 0.0684 e. The topological polar surface area (TPSA) is 32.3 Å². The van der Waals surface area contributed by atoms with Crippen LogP contribution in [0.1, 0.15) is 12.5 Å². The minimum Gasteiger partial charge on any atom is -0.392 e. The number of nitrogens with one attached hydrogen (secondary N) is 1. The van der Waals surface area contributed by atoms with Crippen LogP contribution in [0.5, 0.6) is 0 Å². The summed E-state index contributed by atoms with van der Waals surface area (Å²) in [6.07, 6.45) is -0.326. The number of halogens is 1. The quantitative estimate of drug-likeness (QED) is 0.856. The molecule has 1 aromatic carbocycles. The number of aliphatic hydroxyl groups excluding tert-OH is 1. The van der Waals surface area contributed by atoms with Crippen molar-refractivity contribution in [2.45, 2.75) is 20.0 Å². The Labute approximate surface area is 87.1 Å². The van der Waals surface area contributed by atoms with Crippen molar-refractivity contribution in [2.75, 3.05) is 11.9 Å². The van der Waals surface area contributed by atoms with Crippen LogP contribution in [-0.4, -0.2) is 17.8 Å². The monoisotopic (exact) mass is 243 g/mol. The fourth-order valence-electron chi connectivity index (χ4n) is 1.03. The molecule has 2 nitrogen and oxygen atoms in total. The molecule has 0 amide bonds. The molecule has 0 aromatic heterocycles. The van der Waals surface area contributed by atoms with Crippen molar-refractivity contribution in [3.8, 4) is 0 Å². The van der Waals surface area contributed by atoms with E-state index in [1.165, 1.54) is 5.56 Å². The molecule has 0 aliphatic heterocycles. The average Bonchev–Trinajstić information content (AvgIpc) is 2.06. The van der Waals surface area contributed by atoms with Crippen LogP contribution in [0.25, 0.3) is 0 Å². The molecule has 0 spiro atoms. The van der Waals surface area contributed by atoms with E-state index in [-0.39, 0.29) is 6.10 Å². The second kappa shape index (κ2) is 4.63. The zero-order chi connectivity index (χ0) is 9.84. The van der Waals surface area contributed by atoms with Crippen molar-refractivity contribution in [3.05, 3.63) is 28.2 Å². The predicted octanol–water partition coefficient (Wildman–Crippen LogP) is 2.55. The molecule has 3 heteroatoms. The molecule has 0 fully saturated rings. The maximum absolute atomic E-state index is 9.10. The maximum Gasteiger partial charge on any atom is 0.0684 e. The highest BCUT2D eigenvalue weighted by Crippen LogP contribution is 2.23. The molecule has 1 aromatic rings. The van der Waals surface area contributed by atoms with Crippen molar-refractivity contribution in [2.24, 2.45) is 0 Å². The summed E-state index contributed by atoms with van der Waals surface area (Å²) < 4.78 is 1.03.